The molecule has 2 aromatic rings. The molecule has 2 saturated heterocycles. The SMILES string of the molecule is O=C(CN1CCN(C(=O)C2CCCO2)CC1)Nc1cccc2ccccc12. The molecule has 27 heavy (non-hydrogen) atoms. The molecule has 2 aliphatic heterocycles. The van der Waals surface area contributed by atoms with E-state index in [2.05, 4.69) is 10.2 Å². The molecule has 1 atom stereocenters. The summed E-state index contributed by atoms with van der Waals surface area (Å²) in [4.78, 5) is 28.9. The molecule has 0 radical (unpaired) electrons. The number of benzene rings is 2. The van der Waals surface area contributed by atoms with E-state index >= 15 is 0 Å². The molecule has 2 amide bonds. The molecule has 142 valence electrons. The maximum Gasteiger partial charge on any atom is 0.251 e. The average molecular weight is 367 g/mol. The van der Waals surface area contributed by atoms with Gasteiger partial charge in [-0.1, -0.05) is 36.4 Å². The van der Waals surface area contributed by atoms with Gasteiger partial charge in [-0.25, -0.2) is 0 Å². The van der Waals surface area contributed by atoms with Crippen molar-refractivity contribution in [3.05, 3.63) is 42.5 Å². The van der Waals surface area contributed by atoms with Gasteiger partial charge in [0.05, 0.1) is 6.54 Å². The number of carbonyl (C=O) groups excluding carboxylic acids is 2. The van der Waals surface area contributed by atoms with Crippen molar-refractivity contribution < 1.29 is 14.3 Å². The van der Waals surface area contributed by atoms with Crippen molar-refractivity contribution in [2.45, 2.75) is 18.9 Å². The summed E-state index contributed by atoms with van der Waals surface area (Å²) in [5, 5.41) is 5.18. The fraction of sp³-hybridized carbons (Fsp3) is 0.429. The van der Waals surface area contributed by atoms with E-state index in [4.69, 9.17) is 4.74 Å². The number of carbonyl (C=O) groups is 2. The van der Waals surface area contributed by atoms with Crippen molar-refractivity contribution in [1.82, 2.24) is 9.80 Å². The minimum absolute atomic E-state index is 0.0229. The molecule has 4 rings (SSSR count). The Morgan fingerprint density at radius 3 is 2.59 bits per heavy atom. The van der Waals surface area contributed by atoms with Gasteiger partial charge in [-0.2, -0.15) is 0 Å². The molecular weight excluding hydrogens is 342 g/mol. The van der Waals surface area contributed by atoms with Gasteiger partial charge in [0.15, 0.2) is 0 Å². The van der Waals surface area contributed by atoms with E-state index in [1.165, 1.54) is 0 Å². The van der Waals surface area contributed by atoms with E-state index in [9.17, 15) is 9.59 Å². The smallest absolute Gasteiger partial charge is 0.251 e. The summed E-state index contributed by atoms with van der Waals surface area (Å²) in [6.45, 7) is 3.75. The molecule has 6 heteroatoms. The predicted octanol–water partition coefficient (Wildman–Crippen LogP) is 2.10. The molecule has 0 bridgehead atoms. The van der Waals surface area contributed by atoms with Crippen molar-refractivity contribution in [2.24, 2.45) is 0 Å². The van der Waals surface area contributed by atoms with Crippen LogP contribution in [0, 0.1) is 0 Å². The molecular formula is C21H25N3O3. The zero-order valence-corrected chi connectivity index (χ0v) is 15.4. The Kier molecular flexibility index (Phi) is 5.36. The fourth-order valence-electron chi connectivity index (χ4n) is 3.83. The van der Waals surface area contributed by atoms with Crippen molar-refractivity contribution >= 4 is 28.3 Å². The Labute approximate surface area is 159 Å². The van der Waals surface area contributed by atoms with Crippen LogP contribution in [-0.4, -0.2) is 67.0 Å². The highest BCUT2D eigenvalue weighted by Gasteiger charge is 2.30. The summed E-state index contributed by atoms with van der Waals surface area (Å²) in [5.41, 5.74) is 0.838. The van der Waals surface area contributed by atoms with E-state index in [0.29, 0.717) is 39.3 Å². The molecule has 0 spiro atoms. The van der Waals surface area contributed by atoms with Crippen LogP contribution in [0.2, 0.25) is 0 Å². The van der Waals surface area contributed by atoms with Crippen LogP contribution in [0.4, 0.5) is 5.69 Å². The van der Waals surface area contributed by atoms with Gasteiger partial charge in [0, 0.05) is 43.9 Å². The normalized spacial score (nSPS) is 20.7. The van der Waals surface area contributed by atoms with Crippen LogP contribution >= 0.6 is 0 Å². The van der Waals surface area contributed by atoms with Crippen molar-refractivity contribution in [3.63, 3.8) is 0 Å². The molecule has 6 nitrogen and oxygen atoms in total. The van der Waals surface area contributed by atoms with E-state index in [1.807, 2.05) is 47.4 Å². The largest absolute Gasteiger partial charge is 0.368 e. The van der Waals surface area contributed by atoms with Crippen molar-refractivity contribution in [3.8, 4) is 0 Å². The third kappa shape index (κ3) is 4.12. The Balaban J connectivity index is 1.30. The van der Waals surface area contributed by atoms with E-state index in [-0.39, 0.29) is 17.9 Å². The zero-order chi connectivity index (χ0) is 18.6. The summed E-state index contributed by atoms with van der Waals surface area (Å²) in [6, 6.07) is 13.9. The molecule has 0 saturated carbocycles. The van der Waals surface area contributed by atoms with Gasteiger partial charge >= 0.3 is 0 Å². The van der Waals surface area contributed by atoms with Crippen LogP contribution in [0.15, 0.2) is 42.5 Å². The average Bonchev–Trinajstić information content (AvgIpc) is 3.23. The highest BCUT2D eigenvalue weighted by Crippen LogP contribution is 2.23. The van der Waals surface area contributed by atoms with Gasteiger partial charge < -0.3 is 15.0 Å². The minimum atomic E-state index is -0.258. The van der Waals surface area contributed by atoms with Crippen LogP contribution in [0.5, 0.6) is 0 Å². The molecule has 2 fully saturated rings. The lowest BCUT2D eigenvalue weighted by Crippen LogP contribution is -2.52. The number of nitrogens with one attached hydrogen (secondary N) is 1. The minimum Gasteiger partial charge on any atom is -0.368 e. The lowest BCUT2D eigenvalue weighted by molar-refractivity contribution is -0.142. The van der Waals surface area contributed by atoms with Crippen molar-refractivity contribution in [2.75, 3.05) is 44.6 Å². The first-order chi connectivity index (χ1) is 13.2. The monoisotopic (exact) mass is 367 g/mol. The quantitative estimate of drug-likeness (QED) is 0.899. The standard InChI is InChI=1S/C21H25N3O3/c25-20(22-18-8-3-6-16-5-1-2-7-17(16)18)15-23-10-12-24(13-11-23)21(26)19-9-4-14-27-19/h1-3,5-8,19H,4,9-15H2,(H,22,25). The molecule has 1 unspecified atom stereocenters. The number of ether oxygens (including phenoxy) is 1. The number of amides is 2. The van der Waals surface area contributed by atoms with Gasteiger partial charge in [-0.15, -0.1) is 0 Å². The predicted molar refractivity (Wildman–Crippen MR) is 105 cm³/mol. The van der Waals surface area contributed by atoms with E-state index in [0.717, 1.165) is 29.3 Å². The lowest BCUT2D eigenvalue weighted by atomic mass is 10.1. The number of fused-ring (bicyclic) bond motifs is 1. The number of rotatable bonds is 4. The van der Waals surface area contributed by atoms with Gasteiger partial charge in [0.2, 0.25) is 5.91 Å². The van der Waals surface area contributed by atoms with Crippen molar-refractivity contribution in [1.29, 1.82) is 0 Å². The second-order valence-corrected chi connectivity index (χ2v) is 7.18. The molecule has 2 aliphatic rings. The zero-order valence-electron chi connectivity index (χ0n) is 15.4. The number of anilines is 1. The van der Waals surface area contributed by atoms with E-state index < -0.39 is 0 Å². The van der Waals surface area contributed by atoms with Gasteiger partial charge in [0.25, 0.3) is 5.91 Å². The maximum atomic E-state index is 12.5. The number of hydrogen-bond acceptors (Lipinski definition) is 4. The third-order valence-electron chi connectivity index (χ3n) is 5.32. The summed E-state index contributed by atoms with van der Waals surface area (Å²) in [6.07, 6.45) is 1.53. The van der Waals surface area contributed by atoms with Crippen LogP contribution in [0.25, 0.3) is 10.8 Å². The number of nitrogens with zero attached hydrogens (tertiary/aromatic N) is 2. The molecule has 0 aromatic heterocycles. The Bertz CT molecular complexity index is 819. The van der Waals surface area contributed by atoms with Gasteiger partial charge in [-0.3, -0.25) is 14.5 Å². The van der Waals surface area contributed by atoms with Gasteiger partial charge in [0.1, 0.15) is 6.10 Å². The lowest BCUT2D eigenvalue weighted by Gasteiger charge is -2.35. The summed E-state index contributed by atoms with van der Waals surface area (Å²) in [7, 11) is 0. The molecule has 0 aliphatic carbocycles. The second kappa shape index (κ2) is 8.06. The molecule has 1 N–H and O–H groups in total. The Hall–Kier alpha value is -2.44. The highest BCUT2D eigenvalue weighted by molar-refractivity contribution is 6.02. The first-order valence-corrected chi connectivity index (χ1v) is 9.61. The summed E-state index contributed by atoms with van der Waals surface area (Å²) < 4.78 is 5.49. The van der Waals surface area contributed by atoms with E-state index in [1.54, 1.807) is 0 Å². The summed E-state index contributed by atoms with van der Waals surface area (Å²) in [5.74, 6) is 0.0811. The van der Waals surface area contributed by atoms with Crippen LogP contribution in [0.1, 0.15) is 12.8 Å². The summed E-state index contributed by atoms with van der Waals surface area (Å²) >= 11 is 0. The second-order valence-electron chi connectivity index (χ2n) is 7.18. The first-order valence-electron chi connectivity index (χ1n) is 9.61. The van der Waals surface area contributed by atoms with Gasteiger partial charge in [-0.05, 0) is 24.3 Å². The maximum absolute atomic E-state index is 12.5. The number of hydrogen-bond donors (Lipinski definition) is 1. The Morgan fingerprint density at radius 1 is 1.04 bits per heavy atom. The number of piperazine rings is 1. The molecule has 2 aromatic carbocycles. The molecule has 2 heterocycles. The van der Waals surface area contributed by atoms with Crippen LogP contribution in [0.3, 0.4) is 0 Å². The van der Waals surface area contributed by atoms with Crippen LogP contribution < -0.4 is 5.32 Å². The first kappa shape index (κ1) is 17.9. The topological polar surface area (TPSA) is 61.9 Å². The highest BCUT2D eigenvalue weighted by atomic mass is 16.5. The third-order valence-corrected chi connectivity index (χ3v) is 5.32. The van der Waals surface area contributed by atoms with Crippen LogP contribution in [-0.2, 0) is 14.3 Å². The Morgan fingerprint density at radius 2 is 1.81 bits per heavy atom. The fourth-order valence-corrected chi connectivity index (χ4v) is 3.83.